The van der Waals surface area contributed by atoms with Crippen molar-refractivity contribution in [2.24, 2.45) is 0 Å². The molecule has 0 spiro atoms. The summed E-state index contributed by atoms with van der Waals surface area (Å²) in [5.74, 6) is 0.896. The van der Waals surface area contributed by atoms with Gasteiger partial charge in [-0.2, -0.15) is 5.10 Å². The van der Waals surface area contributed by atoms with Gasteiger partial charge in [0.25, 0.3) is 5.91 Å². The molecule has 1 aromatic carbocycles. The minimum absolute atomic E-state index is 0.0463. The number of ether oxygens (including phenoxy) is 1. The lowest BCUT2D eigenvalue weighted by atomic mass is 9.93. The number of piperazine rings is 1. The van der Waals surface area contributed by atoms with E-state index in [-0.39, 0.29) is 11.3 Å². The molecule has 0 aliphatic carbocycles. The van der Waals surface area contributed by atoms with E-state index in [1.54, 1.807) is 13.3 Å². The van der Waals surface area contributed by atoms with Crippen LogP contribution >= 0.6 is 0 Å². The highest BCUT2D eigenvalue weighted by Crippen LogP contribution is 2.25. The lowest BCUT2D eigenvalue weighted by Gasteiger charge is -2.36. The Hall–Kier alpha value is -3.09. The maximum absolute atomic E-state index is 13.5. The Kier molecular flexibility index (Phi) is 6.09. The first-order valence-corrected chi connectivity index (χ1v) is 11.4. The molecule has 3 heterocycles. The van der Waals surface area contributed by atoms with Crippen LogP contribution in [0.15, 0.2) is 36.5 Å². The number of rotatable bonds is 5. The van der Waals surface area contributed by atoms with Crippen LogP contribution in [0.4, 0.5) is 5.69 Å². The summed E-state index contributed by atoms with van der Waals surface area (Å²) in [5, 5.41) is 4.82. The number of aryl methyl sites for hydroxylation is 1. The zero-order valence-electron chi connectivity index (χ0n) is 19.8. The molecule has 0 saturated carbocycles. The van der Waals surface area contributed by atoms with E-state index >= 15 is 0 Å². The van der Waals surface area contributed by atoms with Crippen LogP contribution in [0.25, 0.3) is 5.65 Å². The van der Waals surface area contributed by atoms with Crippen molar-refractivity contribution >= 4 is 17.2 Å². The summed E-state index contributed by atoms with van der Waals surface area (Å²) < 4.78 is 7.13. The van der Waals surface area contributed by atoms with Crippen molar-refractivity contribution in [3.05, 3.63) is 53.5 Å². The second kappa shape index (κ2) is 8.81. The van der Waals surface area contributed by atoms with Crippen molar-refractivity contribution in [3.8, 4) is 5.75 Å². The topological polar surface area (TPSA) is 63.0 Å². The van der Waals surface area contributed by atoms with Crippen molar-refractivity contribution < 1.29 is 9.53 Å². The third-order valence-electron chi connectivity index (χ3n) is 6.07. The van der Waals surface area contributed by atoms with Gasteiger partial charge in [-0.15, -0.1) is 0 Å². The first kappa shape index (κ1) is 22.1. The van der Waals surface area contributed by atoms with Crippen LogP contribution in [0.3, 0.4) is 0 Å². The normalized spacial score (nSPS) is 14.8. The predicted octanol–water partition coefficient (Wildman–Crippen LogP) is 3.95. The van der Waals surface area contributed by atoms with E-state index in [1.807, 2.05) is 27.6 Å². The highest BCUT2D eigenvalue weighted by Gasteiger charge is 2.27. The number of nitrogens with zero attached hydrogens (tertiary/aromatic N) is 5. The van der Waals surface area contributed by atoms with Crippen LogP contribution in [0.5, 0.6) is 5.75 Å². The monoisotopic (exact) mass is 435 g/mol. The fourth-order valence-electron chi connectivity index (χ4n) is 4.13. The van der Waals surface area contributed by atoms with Crippen molar-refractivity contribution in [1.29, 1.82) is 0 Å². The number of hydrogen-bond donors (Lipinski definition) is 0. The average molecular weight is 436 g/mol. The molecule has 3 aromatic rings. The van der Waals surface area contributed by atoms with E-state index in [4.69, 9.17) is 9.84 Å². The van der Waals surface area contributed by atoms with Gasteiger partial charge in [-0.25, -0.2) is 9.50 Å². The Morgan fingerprint density at radius 1 is 1.09 bits per heavy atom. The molecular weight excluding hydrogens is 402 g/mol. The summed E-state index contributed by atoms with van der Waals surface area (Å²) in [4.78, 5) is 22.3. The molecule has 0 atom stereocenters. The molecule has 7 heteroatoms. The van der Waals surface area contributed by atoms with Gasteiger partial charge in [0.15, 0.2) is 5.65 Å². The van der Waals surface area contributed by atoms with Crippen molar-refractivity contribution in [3.63, 3.8) is 0 Å². The number of amides is 1. The van der Waals surface area contributed by atoms with Gasteiger partial charge < -0.3 is 14.5 Å². The van der Waals surface area contributed by atoms with E-state index < -0.39 is 0 Å². The Labute approximate surface area is 190 Å². The minimum atomic E-state index is -0.0703. The molecule has 7 nitrogen and oxygen atoms in total. The quantitative estimate of drug-likeness (QED) is 0.607. The van der Waals surface area contributed by atoms with Crippen molar-refractivity contribution in [2.45, 2.75) is 46.0 Å². The summed E-state index contributed by atoms with van der Waals surface area (Å²) in [6, 6.07) is 10.1. The maximum atomic E-state index is 13.5. The number of carbonyl (C=O) groups is 1. The van der Waals surface area contributed by atoms with Crippen LogP contribution in [0, 0.1) is 0 Å². The summed E-state index contributed by atoms with van der Waals surface area (Å²) >= 11 is 0. The first-order valence-electron chi connectivity index (χ1n) is 11.4. The van der Waals surface area contributed by atoms with Gasteiger partial charge in [0.2, 0.25) is 0 Å². The van der Waals surface area contributed by atoms with Gasteiger partial charge in [0.05, 0.1) is 24.1 Å². The molecule has 1 aliphatic heterocycles. The van der Waals surface area contributed by atoms with Crippen molar-refractivity contribution in [1.82, 2.24) is 19.5 Å². The van der Waals surface area contributed by atoms with Gasteiger partial charge in [0, 0.05) is 49.5 Å². The predicted molar refractivity (Wildman–Crippen MR) is 127 cm³/mol. The molecule has 0 unspecified atom stereocenters. The summed E-state index contributed by atoms with van der Waals surface area (Å²) in [7, 11) is 1.67. The van der Waals surface area contributed by atoms with Gasteiger partial charge in [-0.1, -0.05) is 34.1 Å². The molecule has 32 heavy (non-hydrogen) atoms. The molecule has 1 aliphatic rings. The molecule has 0 radical (unpaired) electrons. The Morgan fingerprint density at radius 3 is 2.38 bits per heavy atom. The summed E-state index contributed by atoms with van der Waals surface area (Å²) in [6.45, 7) is 11.5. The Bertz CT molecular complexity index is 1090. The van der Waals surface area contributed by atoms with Crippen LogP contribution < -0.4 is 9.64 Å². The first-order chi connectivity index (χ1) is 15.3. The number of carbonyl (C=O) groups excluding carboxylic acids is 1. The van der Waals surface area contributed by atoms with Crippen LogP contribution in [-0.4, -0.2) is 58.7 Å². The molecule has 4 rings (SSSR count). The molecular formula is C25H33N5O2. The van der Waals surface area contributed by atoms with E-state index in [1.165, 1.54) is 0 Å². The minimum Gasteiger partial charge on any atom is -0.497 e. The fourth-order valence-corrected chi connectivity index (χ4v) is 4.13. The fraction of sp³-hybridized carbons (Fsp3) is 0.480. The zero-order chi connectivity index (χ0) is 22.9. The van der Waals surface area contributed by atoms with Crippen LogP contribution in [-0.2, 0) is 11.8 Å². The molecule has 0 N–H and O–H groups in total. The van der Waals surface area contributed by atoms with Gasteiger partial charge in [0.1, 0.15) is 5.75 Å². The zero-order valence-corrected chi connectivity index (χ0v) is 19.8. The number of benzene rings is 1. The number of aromatic nitrogens is 3. The Morgan fingerprint density at radius 2 is 1.78 bits per heavy atom. The third-order valence-corrected chi connectivity index (χ3v) is 6.07. The van der Waals surface area contributed by atoms with E-state index in [0.29, 0.717) is 18.7 Å². The summed E-state index contributed by atoms with van der Waals surface area (Å²) in [5.41, 5.74) is 4.49. The van der Waals surface area contributed by atoms with Gasteiger partial charge >= 0.3 is 0 Å². The third kappa shape index (κ3) is 4.29. The molecule has 1 saturated heterocycles. The van der Waals surface area contributed by atoms with Crippen LogP contribution in [0.2, 0.25) is 0 Å². The van der Waals surface area contributed by atoms with E-state index in [9.17, 15) is 4.79 Å². The molecule has 1 fully saturated rings. The largest absolute Gasteiger partial charge is 0.497 e. The van der Waals surface area contributed by atoms with E-state index in [0.717, 1.165) is 54.4 Å². The number of hydrogen-bond acceptors (Lipinski definition) is 5. The Balaban J connectivity index is 1.55. The molecule has 0 bridgehead atoms. The van der Waals surface area contributed by atoms with Crippen molar-refractivity contribution in [2.75, 3.05) is 38.2 Å². The SMILES string of the molecule is CCCc1c(C(=O)N2CCN(c3ccc(OC)cc3)CC2)cnc2cc(C(C)(C)C)nn12. The number of anilines is 1. The van der Waals surface area contributed by atoms with E-state index in [2.05, 4.69) is 49.7 Å². The average Bonchev–Trinajstić information content (AvgIpc) is 3.25. The lowest BCUT2D eigenvalue weighted by Crippen LogP contribution is -2.49. The second-order valence-corrected chi connectivity index (χ2v) is 9.40. The smallest absolute Gasteiger partial charge is 0.257 e. The lowest BCUT2D eigenvalue weighted by molar-refractivity contribution is 0.0744. The van der Waals surface area contributed by atoms with Gasteiger partial charge in [-0.3, -0.25) is 4.79 Å². The molecule has 170 valence electrons. The molecule has 1 amide bonds. The standard InChI is InChI=1S/C25H33N5O2/c1-6-7-21-20(17-26-23-16-22(25(2,3)4)27-30(21)23)24(31)29-14-12-28(13-15-29)18-8-10-19(32-5)11-9-18/h8-11,16-17H,6-7,12-15H2,1-5H3. The molecule has 2 aromatic heterocycles. The maximum Gasteiger partial charge on any atom is 0.257 e. The number of fused-ring (bicyclic) bond motifs is 1. The van der Waals surface area contributed by atoms with Crippen LogP contribution in [0.1, 0.15) is 55.9 Å². The highest BCUT2D eigenvalue weighted by molar-refractivity contribution is 5.95. The number of methoxy groups -OCH3 is 1. The summed E-state index contributed by atoms with van der Waals surface area (Å²) in [6.07, 6.45) is 3.47. The van der Waals surface area contributed by atoms with Gasteiger partial charge in [-0.05, 0) is 30.7 Å². The highest BCUT2D eigenvalue weighted by atomic mass is 16.5. The second-order valence-electron chi connectivity index (χ2n) is 9.40.